The Balaban J connectivity index is 2.98. The lowest BCUT2D eigenvalue weighted by molar-refractivity contribution is 0.112. The number of nitrogens with zero attached hydrogens (tertiary/aromatic N) is 1. The molecular weight excluding hydrogens is 166 g/mol. The van der Waals surface area contributed by atoms with E-state index in [1.807, 2.05) is 24.3 Å². The number of aromatic nitrogens is 1. The summed E-state index contributed by atoms with van der Waals surface area (Å²) < 4.78 is 1.60. The van der Waals surface area contributed by atoms with Gasteiger partial charge in [0.05, 0.1) is 11.1 Å². The monoisotopic (exact) mass is 175 g/mol. The third-order valence-electron chi connectivity index (χ3n) is 2.23. The zero-order valence-corrected chi connectivity index (χ0v) is 7.19. The first-order valence-corrected chi connectivity index (χ1v) is 3.97. The number of aryl methyl sites for hydroxylation is 1. The molecule has 0 aliphatic carbocycles. The summed E-state index contributed by atoms with van der Waals surface area (Å²) in [4.78, 5) is 10.7. The van der Waals surface area contributed by atoms with E-state index in [0.29, 0.717) is 11.8 Å². The number of fused-ring (bicyclic) bond motifs is 1. The highest BCUT2D eigenvalue weighted by molar-refractivity contribution is 6.00. The highest BCUT2D eigenvalue weighted by atomic mass is 16.3. The first-order chi connectivity index (χ1) is 6.25. The van der Waals surface area contributed by atoms with E-state index >= 15 is 0 Å². The summed E-state index contributed by atoms with van der Waals surface area (Å²) in [7, 11) is 1.73. The van der Waals surface area contributed by atoms with Crippen molar-refractivity contribution < 1.29 is 9.90 Å². The van der Waals surface area contributed by atoms with Crippen LogP contribution in [-0.4, -0.2) is 16.0 Å². The van der Waals surface area contributed by atoms with Crippen molar-refractivity contribution in [1.82, 2.24) is 4.57 Å². The van der Waals surface area contributed by atoms with Crippen molar-refractivity contribution in [2.24, 2.45) is 7.05 Å². The Morgan fingerprint density at radius 2 is 2.08 bits per heavy atom. The van der Waals surface area contributed by atoms with Gasteiger partial charge in [0.1, 0.15) is 0 Å². The van der Waals surface area contributed by atoms with Crippen LogP contribution < -0.4 is 0 Å². The maximum atomic E-state index is 10.7. The molecule has 1 aromatic carbocycles. The second-order valence-electron chi connectivity index (χ2n) is 2.93. The summed E-state index contributed by atoms with van der Waals surface area (Å²) in [5.74, 6) is 0.0243. The van der Waals surface area contributed by atoms with Crippen LogP contribution in [0.2, 0.25) is 0 Å². The van der Waals surface area contributed by atoms with Crippen LogP contribution in [0.25, 0.3) is 10.9 Å². The lowest BCUT2D eigenvalue weighted by atomic mass is 10.2. The maximum absolute atomic E-state index is 10.7. The standard InChI is InChI=1S/C10H9NO2/c1-11-9-5-3-2-4-7(9)8(6-12)10(11)13/h2-6,13H,1H3. The summed E-state index contributed by atoms with van der Waals surface area (Å²) in [5.41, 5.74) is 1.22. The summed E-state index contributed by atoms with van der Waals surface area (Å²) in [5, 5.41) is 10.3. The van der Waals surface area contributed by atoms with Crippen molar-refractivity contribution in [3.63, 3.8) is 0 Å². The van der Waals surface area contributed by atoms with Gasteiger partial charge in [-0.2, -0.15) is 0 Å². The number of rotatable bonds is 1. The van der Waals surface area contributed by atoms with Gasteiger partial charge >= 0.3 is 0 Å². The molecule has 0 fully saturated rings. The highest BCUT2D eigenvalue weighted by Crippen LogP contribution is 2.27. The van der Waals surface area contributed by atoms with Gasteiger partial charge in [-0.15, -0.1) is 0 Å². The van der Waals surface area contributed by atoms with Crippen LogP contribution in [-0.2, 0) is 7.05 Å². The molecule has 2 aromatic rings. The van der Waals surface area contributed by atoms with Gasteiger partial charge in [-0.25, -0.2) is 0 Å². The van der Waals surface area contributed by atoms with E-state index in [9.17, 15) is 9.90 Å². The van der Waals surface area contributed by atoms with Crippen molar-refractivity contribution in [2.75, 3.05) is 0 Å². The molecule has 66 valence electrons. The Hall–Kier alpha value is -1.77. The van der Waals surface area contributed by atoms with Crippen molar-refractivity contribution in [2.45, 2.75) is 0 Å². The van der Waals surface area contributed by atoms with Gasteiger partial charge in [0, 0.05) is 12.4 Å². The molecule has 0 saturated heterocycles. The number of para-hydroxylation sites is 1. The minimum atomic E-state index is 0.0243. The van der Waals surface area contributed by atoms with E-state index in [4.69, 9.17) is 0 Å². The van der Waals surface area contributed by atoms with Crippen LogP contribution >= 0.6 is 0 Å². The van der Waals surface area contributed by atoms with E-state index < -0.39 is 0 Å². The summed E-state index contributed by atoms with van der Waals surface area (Å²) in [6.07, 6.45) is 0.678. The smallest absolute Gasteiger partial charge is 0.202 e. The molecule has 0 aliphatic heterocycles. The van der Waals surface area contributed by atoms with E-state index in [0.717, 1.165) is 10.9 Å². The lowest BCUT2D eigenvalue weighted by Gasteiger charge is -1.95. The largest absolute Gasteiger partial charge is 0.494 e. The van der Waals surface area contributed by atoms with Gasteiger partial charge < -0.3 is 9.67 Å². The molecule has 0 saturated carbocycles. The van der Waals surface area contributed by atoms with Gasteiger partial charge in [-0.3, -0.25) is 4.79 Å². The number of aromatic hydroxyl groups is 1. The Morgan fingerprint density at radius 1 is 1.38 bits per heavy atom. The van der Waals surface area contributed by atoms with E-state index in [2.05, 4.69) is 0 Å². The van der Waals surface area contributed by atoms with Gasteiger partial charge in [0.25, 0.3) is 0 Å². The minimum absolute atomic E-state index is 0.0243. The van der Waals surface area contributed by atoms with Gasteiger partial charge in [-0.1, -0.05) is 18.2 Å². The molecule has 13 heavy (non-hydrogen) atoms. The average molecular weight is 175 g/mol. The molecule has 0 radical (unpaired) electrons. The zero-order valence-electron chi connectivity index (χ0n) is 7.19. The molecule has 2 rings (SSSR count). The Bertz CT molecular complexity index is 471. The molecule has 3 nitrogen and oxygen atoms in total. The molecular formula is C10H9NO2. The molecule has 0 atom stereocenters. The lowest BCUT2D eigenvalue weighted by Crippen LogP contribution is -1.85. The molecule has 0 aliphatic rings. The van der Waals surface area contributed by atoms with E-state index in [-0.39, 0.29) is 5.88 Å². The molecule has 0 bridgehead atoms. The number of carbonyl (C=O) groups is 1. The SMILES string of the molecule is Cn1c(O)c(C=O)c2ccccc21. The van der Waals surface area contributed by atoms with Crippen LogP contribution in [0.1, 0.15) is 10.4 Å². The Kier molecular flexibility index (Phi) is 1.59. The number of carbonyl (C=O) groups excluding carboxylic acids is 1. The van der Waals surface area contributed by atoms with Crippen LogP contribution in [0.3, 0.4) is 0 Å². The minimum Gasteiger partial charge on any atom is -0.494 e. The Labute approximate surface area is 75.2 Å². The van der Waals surface area contributed by atoms with Gasteiger partial charge in [0.2, 0.25) is 5.88 Å². The van der Waals surface area contributed by atoms with Crippen molar-refractivity contribution >= 4 is 17.2 Å². The van der Waals surface area contributed by atoms with Crippen molar-refractivity contribution in [1.29, 1.82) is 0 Å². The summed E-state index contributed by atoms with van der Waals surface area (Å²) >= 11 is 0. The fraction of sp³-hybridized carbons (Fsp3) is 0.100. The molecule has 1 heterocycles. The van der Waals surface area contributed by atoms with Crippen LogP contribution in [0, 0.1) is 0 Å². The molecule has 0 amide bonds. The van der Waals surface area contributed by atoms with E-state index in [1.165, 1.54) is 0 Å². The number of hydrogen-bond donors (Lipinski definition) is 1. The second kappa shape index (κ2) is 2.62. The topological polar surface area (TPSA) is 42.2 Å². The first kappa shape index (κ1) is 7.86. The molecule has 0 unspecified atom stereocenters. The molecule has 1 N–H and O–H groups in total. The quantitative estimate of drug-likeness (QED) is 0.670. The van der Waals surface area contributed by atoms with Crippen molar-refractivity contribution in [3.05, 3.63) is 29.8 Å². The van der Waals surface area contributed by atoms with Crippen LogP contribution in [0.4, 0.5) is 0 Å². The fourth-order valence-electron chi connectivity index (χ4n) is 1.53. The first-order valence-electron chi connectivity index (χ1n) is 3.97. The predicted octanol–water partition coefficient (Wildman–Crippen LogP) is 1.70. The van der Waals surface area contributed by atoms with Crippen LogP contribution in [0.5, 0.6) is 5.88 Å². The number of aldehydes is 1. The second-order valence-corrected chi connectivity index (χ2v) is 2.93. The molecule has 0 spiro atoms. The molecule has 1 aromatic heterocycles. The van der Waals surface area contributed by atoms with E-state index in [1.54, 1.807) is 11.6 Å². The third-order valence-corrected chi connectivity index (χ3v) is 2.23. The third kappa shape index (κ3) is 0.935. The van der Waals surface area contributed by atoms with Crippen molar-refractivity contribution in [3.8, 4) is 5.88 Å². The summed E-state index contributed by atoms with van der Waals surface area (Å²) in [6, 6.07) is 7.39. The van der Waals surface area contributed by atoms with Gasteiger partial charge in [0.15, 0.2) is 6.29 Å². The summed E-state index contributed by atoms with van der Waals surface area (Å²) in [6.45, 7) is 0. The molecule has 3 heteroatoms. The normalized spacial score (nSPS) is 10.5. The average Bonchev–Trinajstić information content (AvgIpc) is 2.41. The fourth-order valence-corrected chi connectivity index (χ4v) is 1.53. The number of benzene rings is 1. The Morgan fingerprint density at radius 3 is 2.77 bits per heavy atom. The zero-order chi connectivity index (χ0) is 9.42. The predicted molar refractivity (Wildman–Crippen MR) is 50.0 cm³/mol. The highest BCUT2D eigenvalue weighted by Gasteiger charge is 2.11. The maximum Gasteiger partial charge on any atom is 0.202 e. The van der Waals surface area contributed by atoms with Crippen LogP contribution in [0.15, 0.2) is 24.3 Å². The number of hydrogen-bond acceptors (Lipinski definition) is 2. The van der Waals surface area contributed by atoms with Gasteiger partial charge in [-0.05, 0) is 6.07 Å².